The van der Waals surface area contributed by atoms with Crippen molar-refractivity contribution in [2.45, 2.75) is 0 Å². The molecule has 0 saturated heterocycles. The standard InChI is InChI=1S/C10H8BrClN4/c11-7-2-1-6(12)3-8(7)16-10-5-14-9(13)4-15-10/h1-5H,(H2,13,14)(H,15,16). The second-order valence-corrected chi connectivity index (χ2v) is 4.37. The minimum absolute atomic E-state index is 0.385. The molecule has 82 valence electrons. The van der Waals surface area contributed by atoms with Gasteiger partial charge in [-0.25, -0.2) is 9.97 Å². The Kier molecular flexibility index (Phi) is 3.26. The maximum Gasteiger partial charge on any atom is 0.149 e. The summed E-state index contributed by atoms with van der Waals surface area (Å²) in [4.78, 5) is 8.01. The monoisotopic (exact) mass is 298 g/mol. The smallest absolute Gasteiger partial charge is 0.149 e. The Labute approximate surface area is 106 Å². The zero-order valence-electron chi connectivity index (χ0n) is 8.11. The quantitative estimate of drug-likeness (QED) is 0.893. The average Bonchev–Trinajstić information content (AvgIpc) is 2.27. The van der Waals surface area contributed by atoms with Crippen LogP contribution in [-0.2, 0) is 0 Å². The normalized spacial score (nSPS) is 10.1. The van der Waals surface area contributed by atoms with Gasteiger partial charge in [-0.05, 0) is 34.1 Å². The van der Waals surface area contributed by atoms with Gasteiger partial charge in [-0.2, -0.15) is 0 Å². The lowest BCUT2D eigenvalue weighted by Crippen LogP contribution is -1.97. The molecule has 0 fully saturated rings. The van der Waals surface area contributed by atoms with Crippen LogP contribution in [0.1, 0.15) is 0 Å². The van der Waals surface area contributed by atoms with E-state index in [-0.39, 0.29) is 0 Å². The number of anilines is 3. The number of nitrogens with zero attached hydrogens (tertiary/aromatic N) is 2. The molecule has 0 amide bonds. The van der Waals surface area contributed by atoms with Gasteiger partial charge in [0.05, 0.1) is 18.1 Å². The Morgan fingerprint density at radius 3 is 2.75 bits per heavy atom. The van der Waals surface area contributed by atoms with Crippen molar-refractivity contribution in [3.8, 4) is 0 Å². The van der Waals surface area contributed by atoms with E-state index in [1.807, 2.05) is 6.07 Å². The number of nitrogen functional groups attached to an aromatic ring is 1. The summed E-state index contributed by atoms with van der Waals surface area (Å²) < 4.78 is 0.899. The molecule has 0 radical (unpaired) electrons. The number of hydrogen-bond donors (Lipinski definition) is 2. The van der Waals surface area contributed by atoms with Gasteiger partial charge in [0.15, 0.2) is 0 Å². The van der Waals surface area contributed by atoms with Crippen molar-refractivity contribution in [3.63, 3.8) is 0 Å². The number of rotatable bonds is 2. The van der Waals surface area contributed by atoms with Crippen molar-refractivity contribution in [1.29, 1.82) is 0 Å². The average molecular weight is 300 g/mol. The minimum atomic E-state index is 0.385. The van der Waals surface area contributed by atoms with Gasteiger partial charge in [-0.1, -0.05) is 11.6 Å². The first kappa shape index (κ1) is 11.2. The van der Waals surface area contributed by atoms with Gasteiger partial charge in [0.1, 0.15) is 11.6 Å². The number of nitrogens with one attached hydrogen (secondary N) is 1. The van der Waals surface area contributed by atoms with E-state index in [1.54, 1.807) is 18.3 Å². The molecule has 2 aromatic rings. The second kappa shape index (κ2) is 4.67. The third-order valence-electron chi connectivity index (χ3n) is 1.86. The first-order valence-corrected chi connectivity index (χ1v) is 5.62. The highest BCUT2D eigenvalue weighted by Gasteiger charge is 2.02. The second-order valence-electron chi connectivity index (χ2n) is 3.08. The lowest BCUT2D eigenvalue weighted by molar-refractivity contribution is 1.21. The van der Waals surface area contributed by atoms with Gasteiger partial charge in [-0.15, -0.1) is 0 Å². The fourth-order valence-corrected chi connectivity index (χ4v) is 1.65. The predicted molar refractivity (Wildman–Crippen MR) is 68.9 cm³/mol. The summed E-state index contributed by atoms with van der Waals surface area (Å²) in [6, 6.07) is 5.45. The Bertz CT molecular complexity index is 501. The van der Waals surface area contributed by atoms with Crippen molar-refractivity contribution in [2.24, 2.45) is 0 Å². The minimum Gasteiger partial charge on any atom is -0.382 e. The van der Waals surface area contributed by atoms with Crippen LogP contribution in [0.25, 0.3) is 0 Å². The first-order chi connectivity index (χ1) is 7.65. The molecular formula is C10H8BrClN4. The summed E-state index contributed by atoms with van der Waals surface area (Å²) >= 11 is 9.30. The Morgan fingerprint density at radius 1 is 1.25 bits per heavy atom. The van der Waals surface area contributed by atoms with E-state index in [4.69, 9.17) is 17.3 Å². The molecule has 0 saturated carbocycles. The molecule has 4 nitrogen and oxygen atoms in total. The van der Waals surface area contributed by atoms with Gasteiger partial charge in [0.25, 0.3) is 0 Å². The molecule has 0 aliphatic heterocycles. The van der Waals surface area contributed by atoms with E-state index in [0.29, 0.717) is 16.7 Å². The predicted octanol–water partition coefficient (Wildman–Crippen LogP) is 3.22. The Morgan fingerprint density at radius 2 is 2.06 bits per heavy atom. The molecule has 16 heavy (non-hydrogen) atoms. The third-order valence-corrected chi connectivity index (χ3v) is 2.79. The van der Waals surface area contributed by atoms with Crippen LogP contribution in [0, 0.1) is 0 Å². The molecule has 1 aromatic carbocycles. The third kappa shape index (κ3) is 2.62. The molecule has 2 rings (SSSR count). The summed E-state index contributed by atoms with van der Waals surface area (Å²) in [6.07, 6.45) is 3.05. The largest absolute Gasteiger partial charge is 0.382 e. The lowest BCUT2D eigenvalue weighted by Gasteiger charge is -2.07. The van der Waals surface area contributed by atoms with E-state index in [9.17, 15) is 0 Å². The Balaban J connectivity index is 2.26. The molecule has 1 aromatic heterocycles. The highest BCUT2D eigenvalue weighted by Crippen LogP contribution is 2.27. The number of nitrogens with two attached hydrogens (primary N) is 1. The van der Waals surface area contributed by atoms with E-state index >= 15 is 0 Å². The highest BCUT2D eigenvalue weighted by molar-refractivity contribution is 9.10. The summed E-state index contributed by atoms with van der Waals surface area (Å²) in [5.74, 6) is 0.993. The van der Waals surface area contributed by atoms with Crippen molar-refractivity contribution < 1.29 is 0 Å². The van der Waals surface area contributed by atoms with Gasteiger partial charge in [0.2, 0.25) is 0 Å². The van der Waals surface area contributed by atoms with Crippen LogP contribution in [0.5, 0.6) is 0 Å². The van der Waals surface area contributed by atoms with Crippen LogP contribution < -0.4 is 11.1 Å². The van der Waals surface area contributed by atoms with Crippen molar-refractivity contribution in [1.82, 2.24) is 9.97 Å². The fraction of sp³-hybridized carbons (Fsp3) is 0. The summed E-state index contributed by atoms with van der Waals surface area (Å²) in [5.41, 5.74) is 6.27. The van der Waals surface area contributed by atoms with E-state index < -0.39 is 0 Å². The van der Waals surface area contributed by atoms with Crippen LogP contribution in [0.2, 0.25) is 5.02 Å². The lowest BCUT2D eigenvalue weighted by atomic mass is 10.3. The SMILES string of the molecule is Nc1cnc(Nc2cc(Cl)ccc2Br)cn1. The molecule has 0 spiro atoms. The number of benzene rings is 1. The topological polar surface area (TPSA) is 63.8 Å². The molecule has 0 aliphatic rings. The van der Waals surface area contributed by atoms with Gasteiger partial charge in [0, 0.05) is 9.50 Å². The van der Waals surface area contributed by atoms with Gasteiger partial charge in [-0.3, -0.25) is 0 Å². The van der Waals surface area contributed by atoms with Gasteiger partial charge >= 0.3 is 0 Å². The summed E-state index contributed by atoms with van der Waals surface area (Å²) in [7, 11) is 0. The molecule has 0 aliphatic carbocycles. The fourth-order valence-electron chi connectivity index (χ4n) is 1.13. The zero-order chi connectivity index (χ0) is 11.5. The first-order valence-electron chi connectivity index (χ1n) is 4.45. The molecule has 0 bridgehead atoms. The molecule has 0 atom stereocenters. The van der Waals surface area contributed by atoms with Crippen LogP contribution in [0.3, 0.4) is 0 Å². The van der Waals surface area contributed by atoms with Crippen molar-refractivity contribution >= 4 is 44.9 Å². The number of halogens is 2. The number of hydrogen-bond acceptors (Lipinski definition) is 4. The number of aromatic nitrogens is 2. The zero-order valence-corrected chi connectivity index (χ0v) is 10.5. The van der Waals surface area contributed by atoms with Crippen LogP contribution >= 0.6 is 27.5 Å². The van der Waals surface area contributed by atoms with Crippen molar-refractivity contribution in [2.75, 3.05) is 11.1 Å². The van der Waals surface area contributed by atoms with Crippen LogP contribution in [-0.4, -0.2) is 9.97 Å². The van der Waals surface area contributed by atoms with Gasteiger partial charge < -0.3 is 11.1 Å². The molecule has 1 heterocycles. The molecule has 6 heteroatoms. The summed E-state index contributed by atoms with van der Waals surface area (Å²) in [6.45, 7) is 0. The molecule has 3 N–H and O–H groups in total. The van der Waals surface area contributed by atoms with Crippen LogP contribution in [0.15, 0.2) is 35.1 Å². The highest BCUT2D eigenvalue weighted by atomic mass is 79.9. The molecule has 0 unspecified atom stereocenters. The van der Waals surface area contributed by atoms with E-state index in [1.165, 1.54) is 6.20 Å². The van der Waals surface area contributed by atoms with Crippen LogP contribution in [0.4, 0.5) is 17.3 Å². The van der Waals surface area contributed by atoms with Crippen molar-refractivity contribution in [3.05, 3.63) is 40.1 Å². The maximum atomic E-state index is 5.89. The summed E-state index contributed by atoms with van der Waals surface area (Å²) in [5, 5.41) is 3.73. The maximum absolute atomic E-state index is 5.89. The van der Waals surface area contributed by atoms with E-state index in [0.717, 1.165) is 10.2 Å². The molecular weight excluding hydrogens is 291 g/mol. The van der Waals surface area contributed by atoms with E-state index in [2.05, 4.69) is 31.2 Å². The Hall–Kier alpha value is -1.33.